The van der Waals surface area contributed by atoms with Crippen molar-refractivity contribution in [3.63, 3.8) is 0 Å². The molecule has 6 heteroatoms. The number of nitrogens with one attached hydrogen (secondary N) is 4. The number of carbonyl (C=O) groups excluding carboxylic acids is 1. The molecule has 0 saturated heterocycles. The third-order valence-corrected chi connectivity index (χ3v) is 4.54. The maximum Gasteiger partial charge on any atom is 0.323 e. The zero-order chi connectivity index (χ0) is 19.4. The number of rotatable bonds is 7. The van der Waals surface area contributed by atoms with Crippen LogP contribution in [0.3, 0.4) is 0 Å². The first-order valence-electron chi connectivity index (χ1n) is 9.26. The van der Waals surface area contributed by atoms with Crippen molar-refractivity contribution in [2.24, 2.45) is 5.92 Å². The number of benzene rings is 2. The lowest BCUT2D eigenvalue weighted by molar-refractivity contribution is -0.118. The molecule has 0 saturated carbocycles. The van der Waals surface area contributed by atoms with Gasteiger partial charge in [-0.25, -0.2) is 4.79 Å². The molecule has 142 valence electrons. The largest absolute Gasteiger partial charge is 0.325 e. The normalized spacial score (nSPS) is 13.6. The Hall–Kier alpha value is -2.86. The molecule has 0 aliphatic heterocycles. The highest BCUT2D eigenvalue weighted by Crippen LogP contribution is 2.22. The molecule has 2 atom stereocenters. The molecule has 1 aromatic heterocycles. The van der Waals surface area contributed by atoms with Crippen LogP contribution >= 0.6 is 0 Å². The van der Waals surface area contributed by atoms with Crippen molar-refractivity contribution >= 4 is 22.6 Å². The van der Waals surface area contributed by atoms with E-state index in [2.05, 4.69) is 46.6 Å². The zero-order valence-electron chi connectivity index (χ0n) is 15.9. The quantitative estimate of drug-likeness (QED) is 0.515. The summed E-state index contributed by atoms with van der Waals surface area (Å²) in [5.74, 6) is 0.391. The summed E-state index contributed by atoms with van der Waals surface area (Å²) in [5, 5.41) is 6.37. The highest BCUT2D eigenvalue weighted by atomic mass is 16.2. The van der Waals surface area contributed by atoms with Crippen LogP contribution in [0.1, 0.15) is 38.8 Å². The third kappa shape index (κ3) is 4.86. The van der Waals surface area contributed by atoms with Crippen LogP contribution in [0.2, 0.25) is 0 Å². The molecule has 3 aromatic rings. The number of aromatic amines is 2. The molecule has 0 unspecified atom stereocenters. The predicted molar refractivity (Wildman–Crippen MR) is 109 cm³/mol. The van der Waals surface area contributed by atoms with Crippen molar-refractivity contribution in [2.45, 2.75) is 39.3 Å². The summed E-state index contributed by atoms with van der Waals surface area (Å²) in [4.78, 5) is 29.4. The monoisotopic (exact) mass is 366 g/mol. The van der Waals surface area contributed by atoms with Crippen molar-refractivity contribution in [3.8, 4) is 0 Å². The molecule has 3 rings (SSSR count). The molecular formula is C21H26N4O2. The van der Waals surface area contributed by atoms with Crippen LogP contribution in [-0.2, 0) is 4.79 Å². The van der Waals surface area contributed by atoms with Crippen LogP contribution < -0.4 is 16.3 Å². The fourth-order valence-electron chi connectivity index (χ4n) is 3.20. The first-order chi connectivity index (χ1) is 12.9. The highest BCUT2D eigenvalue weighted by molar-refractivity contribution is 5.96. The van der Waals surface area contributed by atoms with Crippen LogP contribution in [0, 0.1) is 5.92 Å². The van der Waals surface area contributed by atoms with Gasteiger partial charge in [0.05, 0.1) is 17.1 Å². The van der Waals surface area contributed by atoms with Gasteiger partial charge in [-0.05, 0) is 43.0 Å². The first kappa shape index (κ1) is 18.9. The molecule has 0 aliphatic carbocycles. The average molecular weight is 366 g/mol. The molecule has 4 N–H and O–H groups in total. The zero-order valence-corrected chi connectivity index (χ0v) is 15.9. The fraction of sp³-hybridized carbons (Fsp3) is 0.333. The van der Waals surface area contributed by atoms with Gasteiger partial charge in [0.15, 0.2) is 0 Å². The Labute approximate surface area is 158 Å². The van der Waals surface area contributed by atoms with Gasteiger partial charge in [-0.2, -0.15) is 0 Å². The summed E-state index contributed by atoms with van der Waals surface area (Å²) < 4.78 is 0. The number of carbonyl (C=O) groups is 1. The molecule has 27 heavy (non-hydrogen) atoms. The van der Waals surface area contributed by atoms with E-state index >= 15 is 0 Å². The smallest absolute Gasteiger partial charge is 0.323 e. The van der Waals surface area contributed by atoms with Crippen LogP contribution in [0.15, 0.2) is 53.3 Å². The van der Waals surface area contributed by atoms with E-state index in [4.69, 9.17) is 0 Å². The molecule has 6 nitrogen and oxygen atoms in total. The van der Waals surface area contributed by atoms with E-state index < -0.39 is 0 Å². The first-order valence-corrected chi connectivity index (χ1v) is 9.26. The Bertz CT molecular complexity index is 959. The van der Waals surface area contributed by atoms with E-state index in [0.29, 0.717) is 22.6 Å². The topological polar surface area (TPSA) is 89.8 Å². The summed E-state index contributed by atoms with van der Waals surface area (Å²) in [7, 11) is 0. The second-order valence-electron chi connectivity index (χ2n) is 7.31. The van der Waals surface area contributed by atoms with Crippen molar-refractivity contribution in [1.29, 1.82) is 0 Å². The molecule has 2 aromatic carbocycles. The van der Waals surface area contributed by atoms with Crippen LogP contribution in [0.4, 0.5) is 5.69 Å². The van der Waals surface area contributed by atoms with Gasteiger partial charge in [0.1, 0.15) is 0 Å². The summed E-state index contributed by atoms with van der Waals surface area (Å²) in [6.07, 6.45) is 0.943. The lowest BCUT2D eigenvalue weighted by atomic mass is 9.96. The minimum Gasteiger partial charge on any atom is -0.325 e. The second kappa shape index (κ2) is 8.22. The minimum absolute atomic E-state index is 0.107. The van der Waals surface area contributed by atoms with Gasteiger partial charge < -0.3 is 15.3 Å². The molecular weight excluding hydrogens is 340 g/mol. The van der Waals surface area contributed by atoms with Gasteiger partial charge in [0.25, 0.3) is 0 Å². The predicted octanol–water partition coefficient (Wildman–Crippen LogP) is 3.56. The van der Waals surface area contributed by atoms with Gasteiger partial charge in [-0.3, -0.25) is 10.1 Å². The van der Waals surface area contributed by atoms with Crippen molar-refractivity contribution in [1.82, 2.24) is 15.3 Å². The SMILES string of the molecule is CC(C)C[C@H](N[C@H](C)C(=O)Nc1ccc2[nH]c(=O)[nH]c2c1)c1ccccc1. The summed E-state index contributed by atoms with van der Waals surface area (Å²) in [6.45, 7) is 6.22. The molecule has 1 amide bonds. The van der Waals surface area contributed by atoms with Gasteiger partial charge in [-0.15, -0.1) is 0 Å². The lowest BCUT2D eigenvalue weighted by Gasteiger charge is -2.25. The lowest BCUT2D eigenvalue weighted by Crippen LogP contribution is -2.40. The standard InChI is InChI=1S/C21H26N4O2/c1-13(2)11-18(15-7-5-4-6-8-15)22-14(3)20(26)23-16-9-10-17-19(12-16)25-21(27)24-17/h4-10,12-14,18,22H,11H2,1-3H3,(H,23,26)(H2,24,25,27)/t14-,18+/m1/s1. The maximum atomic E-state index is 12.7. The fourth-order valence-corrected chi connectivity index (χ4v) is 3.20. The Kier molecular flexibility index (Phi) is 5.76. The van der Waals surface area contributed by atoms with E-state index in [1.807, 2.05) is 25.1 Å². The van der Waals surface area contributed by atoms with E-state index in [9.17, 15) is 9.59 Å². The summed E-state index contributed by atoms with van der Waals surface area (Å²) >= 11 is 0. The van der Waals surface area contributed by atoms with Crippen LogP contribution in [-0.4, -0.2) is 21.9 Å². The van der Waals surface area contributed by atoms with Gasteiger partial charge in [0.2, 0.25) is 5.91 Å². The number of imidazole rings is 1. The second-order valence-corrected chi connectivity index (χ2v) is 7.31. The van der Waals surface area contributed by atoms with Gasteiger partial charge in [-0.1, -0.05) is 44.2 Å². The van der Waals surface area contributed by atoms with E-state index in [1.165, 1.54) is 5.56 Å². The third-order valence-electron chi connectivity index (χ3n) is 4.54. The van der Waals surface area contributed by atoms with Crippen molar-refractivity contribution in [2.75, 3.05) is 5.32 Å². The Morgan fingerprint density at radius 3 is 2.41 bits per heavy atom. The Morgan fingerprint density at radius 1 is 1.00 bits per heavy atom. The summed E-state index contributed by atoms with van der Waals surface area (Å²) in [5.41, 5.74) is 2.95. The van der Waals surface area contributed by atoms with E-state index in [0.717, 1.165) is 6.42 Å². The van der Waals surface area contributed by atoms with Crippen LogP contribution in [0.25, 0.3) is 11.0 Å². The molecule has 0 bridgehead atoms. The number of fused-ring (bicyclic) bond motifs is 1. The summed E-state index contributed by atoms with van der Waals surface area (Å²) in [6, 6.07) is 15.2. The number of aromatic nitrogens is 2. The number of hydrogen-bond acceptors (Lipinski definition) is 3. The molecule has 1 heterocycles. The number of anilines is 1. The van der Waals surface area contributed by atoms with Crippen molar-refractivity contribution in [3.05, 3.63) is 64.6 Å². The maximum absolute atomic E-state index is 12.7. The average Bonchev–Trinajstić information content (AvgIpc) is 3.00. The minimum atomic E-state index is -0.366. The van der Waals surface area contributed by atoms with E-state index in [1.54, 1.807) is 18.2 Å². The van der Waals surface area contributed by atoms with Crippen molar-refractivity contribution < 1.29 is 4.79 Å². The van der Waals surface area contributed by atoms with Gasteiger partial charge in [0, 0.05) is 11.7 Å². The molecule has 0 aliphatic rings. The molecule has 0 radical (unpaired) electrons. The Balaban J connectivity index is 1.69. The van der Waals surface area contributed by atoms with E-state index in [-0.39, 0.29) is 23.7 Å². The highest BCUT2D eigenvalue weighted by Gasteiger charge is 2.20. The number of amides is 1. The number of hydrogen-bond donors (Lipinski definition) is 4. The molecule has 0 spiro atoms. The molecule has 0 fully saturated rings. The van der Waals surface area contributed by atoms with Gasteiger partial charge >= 0.3 is 5.69 Å². The van der Waals surface area contributed by atoms with Crippen LogP contribution in [0.5, 0.6) is 0 Å². The Morgan fingerprint density at radius 2 is 1.70 bits per heavy atom. The number of H-pyrrole nitrogens is 2.